The van der Waals surface area contributed by atoms with Crippen LogP contribution in [0.1, 0.15) is 168 Å². The van der Waals surface area contributed by atoms with E-state index in [1.54, 1.807) is 4.90 Å². The molecular weight excluding hydrogens is 738 g/mol. The lowest BCUT2D eigenvalue weighted by molar-refractivity contribution is -0.150. The van der Waals surface area contributed by atoms with Crippen molar-refractivity contribution in [1.29, 1.82) is 0 Å². The number of hydrogen-bond acceptors (Lipinski definition) is 9. The molecule has 1 N–H and O–H groups in total. The number of rotatable bonds is 22. The number of methoxy groups -OCH3 is 1. The summed E-state index contributed by atoms with van der Waals surface area (Å²) < 4.78 is 46.0. The van der Waals surface area contributed by atoms with Gasteiger partial charge in [-0.1, -0.05) is 108 Å². The molecule has 1 aromatic heterocycles. The molecule has 1 spiro atoms. The van der Waals surface area contributed by atoms with E-state index in [-0.39, 0.29) is 48.8 Å². The molecule has 2 aromatic rings. The summed E-state index contributed by atoms with van der Waals surface area (Å²) in [5.74, 6) is -3.58. The van der Waals surface area contributed by atoms with Crippen molar-refractivity contribution in [2.45, 2.75) is 160 Å². The number of oxime groups is 1. The maximum absolute atomic E-state index is 14.4. The summed E-state index contributed by atoms with van der Waals surface area (Å²) >= 11 is 0. The lowest BCUT2D eigenvalue weighted by Gasteiger charge is -2.42. The molecule has 0 unspecified atom stereocenters. The first-order valence-corrected chi connectivity index (χ1v) is 21.0. The second-order valence-electron chi connectivity index (χ2n) is 15.7. The molecule has 3 aliphatic rings. The summed E-state index contributed by atoms with van der Waals surface area (Å²) in [6, 6.07) is 2.11. The first kappa shape index (κ1) is 43.6. The Balaban J connectivity index is 1.20. The highest BCUT2D eigenvalue weighted by Gasteiger charge is 2.55. The van der Waals surface area contributed by atoms with E-state index < -0.39 is 59.0 Å². The van der Waals surface area contributed by atoms with Gasteiger partial charge in [0.1, 0.15) is 17.2 Å². The number of fused-ring (bicyclic) bond motifs is 5. The van der Waals surface area contributed by atoms with Crippen LogP contribution in [0.4, 0.5) is 8.78 Å². The molecule has 3 atom stereocenters. The normalized spacial score (nSPS) is 19.8. The van der Waals surface area contributed by atoms with Crippen LogP contribution in [0.25, 0.3) is 0 Å². The van der Waals surface area contributed by atoms with Crippen LogP contribution < -0.4 is 15.5 Å². The van der Waals surface area contributed by atoms with E-state index in [0.29, 0.717) is 31.2 Å². The minimum absolute atomic E-state index is 0.00593. The molecule has 0 saturated carbocycles. The molecule has 2 amide bonds. The highest BCUT2D eigenvalue weighted by molar-refractivity contribution is 5.99. The number of ether oxygens (including phenoxy) is 3. The second-order valence-corrected chi connectivity index (χ2v) is 15.7. The summed E-state index contributed by atoms with van der Waals surface area (Å²) in [5, 5.41) is 6.66. The molecule has 1 aromatic carbocycles. The maximum Gasteiger partial charge on any atom is 0.308 e. The summed E-state index contributed by atoms with van der Waals surface area (Å²) in [5.41, 5.74) is -2.38. The van der Waals surface area contributed by atoms with Crippen LogP contribution in [-0.4, -0.2) is 65.2 Å². The van der Waals surface area contributed by atoms with Gasteiger partial charge in [0, 0.05) is 43.4 Å². The number of nitrogens with one attached hydrogen (secondary N) is 1. The van der Waals surface area contributed by atoms with E-state index in [4.69, 9.17) is 19.0 Å². The highest BCUT2D eigenvalue weighted by atomic mass is 19.1. The highest BCUT2D eigenvalue weighted by Crippen LogP contribution is 2.46. The Bertz CT molecular complexity index is 1780. The quantitative estimate of drug-likeness (QED) is 0.0712. The zero-order valence-corrected chi connectivity index (χ0v) is 33.9. The molecule has 1 fully saturated rings. The van der Waals surface area contributed by atoms with Crippen molar-refractivity contribution in [3.63, 3.8) is 0 Å². The number of unbranched alkanes of at least 4 members (excludes halogenated alkanes) is 14. The fraction of sp³-hybridized carbons (Fsp3) is 0.651. The number of aromatic nitrogens is 1. The van der Waals surface area contributed by atoms with Crippen LogP contribution in [0.2, 0.25) is 0 Å². The third kappa shape index (κ3) is 11.3. The van der Waals surface area contributed by atoms with Crippen LogP contribution in [0.15, 0.2) is 34.3 Å². The lowest BCUT2D eigenvalue weighted by atomic mass is 9.85. The summed E-state index contributed by atoms with van der Waals surface area (Å²) in [7, 11) is 1.49. The van der Waals surface area contributed by atoms with Crippen molar-refractivity contribution >= 4 is 23.7 Å². The first-order chi connectivity index (χ1) is 27.6. The smallest absolute Gasteiger partial charge is 0.308 e. The Hall–Kier alpha value is -4.49. The second kappa shape index (κ2) is 21.3. The van der Waals surface area contributed by atoms with Gasteiger partial charge in [-0.15, -0.1) is 0 Å². The molecule has 0 aliphatic carbocycles. The Morgan fingerprint density at radius 2 is 1.61 bits per heavy atom. The number of carbonyl (C=O) groups is 3. The minimum atomic E-state index is -0.971. The van der Waals surface area contributed by atoms with E-state index in [2.05, 4.69) is 17.4 Å². The van der Waals surface area contributed by atoms with E-state index in [1.807, 2.05) is 6.92 Å². The van der Waals surface area contributed by atoms with Crippen molar-refractivity contribution in [3.05, 3.63) is 63.1 Å². The molecule has 2 bridgehead atoms. The number of esters is 1. The Labute approximate surface area is 334 Å². The van der Waals surface area contributed by atoms with Crippen molar-refractivity contribution in [2.24, 2.45) is 5.16 Å². The van der Waals surface area contributed by atoms with E-state index in [1.165, 1.54) is 94.6 Å². The van der Waals surface area contributed by atoms with Crippen molar-refractivity contribution in [3.8, 4) is 5.75 Å². The first-order valence-electron chi connectivity index (χ1n) is 21.0. The van der Waals surface area contributed by atoms with Crippen LogP contribution in [0.3, 0.4) is 0 Å². The fourth-order valence-corrected chi connectivity index (χ4v) is 8.11. The third-order valence-electron chi connectivity index (χ3n) is 11.6. The third-order valence-corrected chi connectivity index (χ3v) is 11.6. The number of amides is 2. The predicted octanol–water partition coefficient (Wildman–Crippen LogP) is 8.50. The monoisotopic (exact) mass is 798 g/mol. The molecule has 314 valence electrons. The summed E-state index contributed by atoms with van der Waals surface area (Å²) in [6.07, 6.45) is 20.9. The van der Waals surface area contributed by atoms with Gasteiger partial charge in [0.25, 0.3) is 11.8 Å². The molecule has 14 heteroatoms. The zero-order valence-electron chi connectivity index (χ0n) is 33.9. The van der Waals surface area contributed by atoms with Crippen LogP contribution in [-0.2, 0) is 25.7 Å². The largest absolute Gasteiger partial charge is 0.482 e. The van der Waals surface area contributed by atoms with Crippen LogP contribution in [0, 0.1) is 11.6 Å². The van der Waals surface area contributed by atoms with Gasteiger partial charge in [-0.3, -0.25) is 19.2 Å². The average Bonchev–Trinajstić information content (AvgIpc) is 3.58. The number of halogens is 2. The zero-order chi connectivity index (χ0) is 40.8. The predicted molar refractivity (Wildman–Crippen MR) is 211 cm³/mol. The van der Waals surface area contributed by atoms with Gasteiger partial charge < -0.3 is 33.8 Å². The van der Waals surface area contributed by atoms with E-state index in [0.717, 1.165) is 25.3 Å². The fourth-order valence-electron chi connectivity index (χ4n) is 8.11. The van der Waals surface area contributed by atoms with Gasteiger partial charge >= 0.3 is 5.97 Å². The number of hydrogen-bond donors (Lipinski definition) is 1. The van der Waals surface area contributed by atoms with E-state index in [9.17, 15) is 28.0 Å². The van der Waals surface area contributed by atoms with Gasteiger partial charge in [0.15, 0.2) is 11.3 Å². The van der Waals surface area contributed by atoms with Crippen molar-refractivity contribution in [1.82, 2.24) is 14.8 Å². The average molecular weight is 799 g/mol. The molecule has 12 nitrogen and oxygen atoms in total. The SMILES string of the molecule is CCCCCCCCCCCCCCCCCC(=O)OCOc1c2n(cc(C(=O)NCc3ccc(F)cc3F)c1=O)[C@@H]1CN(C2=O)[C@@H](C)CC[C@]12CC(OC)=NO2. The molecule has 4 heterocycles. The number of benzene rings is 1. The van der Waals surface area contributed by atoms with Gasteiger partial charge in [0.05, 0.1) is 19.6 Å². The molecule has 1 saturated heterocycles. The number of nitrogens with zero attached hydrogens (tertiary/aromatic N) is 3. The number of carbonyl (C=O) groups excluding carboxylic acids is 3. The topological polar surface area (TPSA) is 138 Å². The Morgan fingerprint density at radius 3 is 2.23 bits per heavy atom. The lowest BCUT2D eigenvalue weighted by Crippen LogP contribution is -2.52. The standard InChI is InChI=1S/C43H60F2N4O8/c1-4-5-6-7-8-9-10-11-12-13-14-15-16-17-18-19-37(50)55-29-56-40-38-42(53)48-28-35(43(23-22-30(48)2)25-36(54-3)47-57-43)49(38)27-33(39(40)51)41(52)46-26-31-20-21-32(44)24-34(31)45/h20-21,24,27,30,35H,4-19,22-23,25-26,28-29H2,1-3H3,(H,46,52)/t30-,35+,43-/m0/s1. The van der Waals surface area contributed by atoms with Gasteiger partial charge in [-0.05, 0) is 32.3 Å². The van der Waals surface area contributed by atoms with Gasteiger partial charge in [-0.25, -0.2) is 8.78 Å². The number of pyridine rings is 1. The molecule has 3 aliphatic heterocycles. The van der Waals surface area contributed by atoms with E-state index >= 15 is 0 Å². The summed E-state index contributed by atoms with van der Waals surface area (Å²) in [4.78, 5) is 62.2. The van der Waals surface area contributed by atoms with Crippen LogP contribution >= 0.6 is 0 Å². The van der Waals surface area contributed by atoms with Gasteiger partial charge in [-0.2, -0.15) is 0 Å². The molecular formula is C43H60F2N4O8. The van der Waals surface area contributed by atoms with Crippen LogP contribution in [0.5, 0.6) is 5.75 Å². The Morgan fingerprint density at radius 1 is 0.965 bits per heavy atom. The van der Waals surface area contributed by atoms with Crippen molar-refractivity contribution < 1.29 is 42.2 Å². The van der Waals surface area contributed by atoms with Gasteiger partial charge in [0.2, 0.25) is 23.9 Å². The molecule has 57 heavy (non-hydrogen) atoms. The summed E-state index contributed by atoms with van der Waals surface area (Å²) in [6.45, 7) is 3.35. The Kier molecular flexibility index (Phi) is 16.3. The molecule has 0 radical (unpaired) electrons. The molecule has 5 rings (SSSR count). The minimum Gasteiger partial charge on any atom is -0.482 e. The maximum atomic E-state index is 14.4. The van der Waals surface area contributed by atoms with Crippen molar-refractivity contribution in [2.75, 3.05) is 20.4 Å².